The maximum atomic E-state index is 12.2. The zero-order valence-electron chi connectivity index (χ0n) is 11.8. The minimum atomic E-state index is -0.975. The number of carboxylic acids is 1. The summed E-state index contributed by atoms with van der Waals surface area (Å²) in [6.45, 7) is 1.91. The molecule has 0 aromatic heterocycles. The zero-order chi connectivity index (χ0) is 15.4. The smallest absolute Gasteiger partial charge is 0.326 e. The number of carbonyl (C=O) groups excluding carboxylic acids is 2. The molecule has 1 aromatic carbocycles. The van der Waals surface area contributed by atoms with E-state index >= 15 is 0 Å². The normalized spacial score (nSPS) is 18.1. The van der Waals surface area contributed by atoms with Gasteiger partial charge in [0.2, 0.25) is 0 Å². The predicted molar refractivity (Wildman–Crippen MR) is 77.4 cm³/mol. The van der Waals surface area contributed by atoms with Gasteiger partial charge in [0, 0.05) is 17.8 Å². The van der Waals surface area contributed by atoms with Gasteiger partial charge in [-0.05, 0) is 50.5 Å². The van der Waals surface area contributed by atoms with Gasteiger partial charge in [0.05, 0.1) is 0 Å². The first kappa shape index (κ1) is 15.0. The molecule has 0 spiro atoms. The molecule has 1 aromatic rings. The van der Waals surface area contributed by atoms with Gasteiger partial charge in [-0.15, -0.1) is 0 Å². The van der Waals surface area contributed by atoms with Crippen LogP contribution in [0.25, 0.3) is 0 Å². The number of nitrogens with zero attached hydrogens (tertiary/aromatic N) is 1. The van der Waals surface area contributed by atoms with Gasteiger partial charge in [0.1, 0.15) is 6.04 Å². The van der Waals surface area contributed by atoms with Crippen molar-refractivity contribution in [1.29, 1.82) is 0 Å². The highest BCUT2D eigenvalue weighted by Gasteiger charge is 2.31. The summed E-state index contributed by atoms with van der Waals surface area (Å²) in [5.74, 6) is -1.02. The fourth-order valence-corrected chi connectivity index (χ4v) is 2.41. The average Bonchev–Trinajstić information content (AvgIpc) is 2.47. The Bertz CT molecular complexity index is 553. The maximum absolute atomic E-state index is 12.2. The summed E-state index contributed by atoms with van der Waals surface area (Å²) in [6.07, 6.45) is 2.10. The quantitative estimate of drug-likeness (QED) is 0.837. The Hall–Kier alpha value is -2.37. The second-order valence-electron chi connectivity index (χ2n) is 5.11. The van der Waals surface area contributed by atoms with Gasteiger partial charge in [0.15, 0.2) is 5.78 Å². The number of piperidine rings is 1. The molecule has 1 aliphatic heterocycles. The Morgan fingerprint density at radius 3 is 2.43 bits per heavy atom. The minimum Gasteiger partial charge on any atom is -0.480 e. The molecule has 6 nitrogen and oxygen atoms in total. The van der Waals surface area contributed by atoms with Crippen LogP contribution in [-0.2, 0) is 4.79 Å². The van der Waals surface area contributed by atoms with Gasteiger partial charge in [-0.3, -0.25) is 4.79 Å². The molecular formula is C15H18N2O4. The maximum Gasteiger partial charge on any atom is 0.326 e. The van der Waals surface area contributed by atoms with Crippen molar-refractivity contribution in [2.75, 3.05) is 11.9 Å². The molecule has 1 aliphatic rings. The van der Waals surface area contributed by atoms with Crippen molar-refractivity contribution in [2.24, 2.45) is 0 Å². The number of carboxylic acid groups (broad SMARTS) is 1. The SMILES string of the molecule is CC(=O)c1ccc(NC(=O)N2CCCCC2C(=O)O)cc1. The van der Waals surface area contributed by atoms with E-state index in [1.165, 1.54) is 11.8 Å². The zero-order valence-corrected chi connectivity index (χ0v) is 11.8. The molecule has 1 atom stereocenters. The monoisotopic (exact) mass is 290 g/mol. The van der Waals surface area contributed by atoms with Gasteiger partial charge in [-0.1, -0.05) is 0 Å². The Labute approximate surface area is 122 Å². The number of nitrogens with one attached hydrogen (secondary N) is 1. The van der Waals surface area contributed by atoms with Crippen LogP contribution >= 0.6 is 0 Å². The average molecular weight is 290 g/mol. The van der Waals surface area contributed by atoms with Crippen molar-refractivity contribution in [3.05, 3.63) is 29.8 Å². The number of rotatable bonds is 3. The number of carbonyl (C=O) groups is 3. The molecule has 0 aliphatic carbocycles. The molecule has 0 radical (unpaired) electrons. The molecule has 6 heteroatoms. The first-order valence-corrected chi connectivity index (χ1v) is 6.90. The number of hydrogen-bond donors (Lipinski definition) is 2. The number of benzene rings is 1. The highest BCUT2D eigenvalue weighted by molar-refractivity contribution is 5.96. The lowest BCUT2D eigenvalue weighted by Gasteiger charge is -2.32. The number of Topliss-reactive ketones (excluding diaryl/α,β-unsaturated/α-hetero) is 1. The summed E-state index contributed by atoms with van der Waals surface area (Å²) in [6, 6.07) is 5.34. The fourth-order valence-electron chi connectivity index (χ4n) is 2.41. The second-order valence-corrected chi connectivity index (χ2v) is 5.11. The van der Waals surface area contributed by atoms with Crippen molar-refractivity contribution in [1.82, 2.24) is 4.90 Å². The molecule has 1 unspecified atom stereocenters. The Kier molecular flexibility index (Phi) is 4.57. The van der Waals surface area contributed by atoms with E-state index in [4.69, 9.17) is 5.11 Å². The molecule has 2 N–H and O–H groups in total. The van der Waals surface area contributed by atoms with E-state index in [2.05, 4.69) is 5.32 Å². The highest BCUT2D eigenvalue weighted by atomic mass is 16.4. The van der Waals surface area contributed by atoms with E-state index in [0.29, 0.717) is 24.2 Å². The van der Waals surface area contributed by atoms with Gasteiger partial charge < -0.3 is 15.3 Å². The van der Waals surface area contributed by atoms with Crippen LogP contribution in [0.2, 0.25) is 0 Å². The van der Waals surface area contributed by atoms with Crippen molar-refractivity contribution in [3.8, 4) is 0 Å². The Balaban J connectivity index is 2.05. The van der Waals surface area contributed by atoms with Gasteiger partial charge in [-0.2, -0.15) is 0 Å². The van der Waals surface area contributed by atoms with Crippen molar-refractivity contribution < 1.29 is 19.5 Å². The first-order valence-electron chi connectivity index (χ1n) is 6.90. The Morgan fingerprint density at radius 2 is 1.86 bits per heavy atom. The van der Waals surface area contributed by atoms with Gasteiger partial charge in [-0.25, -0.2) is 9.59 Å². The summed E-state index contributed by atoms with van der Waals surface area (Å²) in [4.78, 5) is 35.9. The standard InChI is InChI=1S/C15H18N2O4/c1-10(18)11-5-7-12(8-6-11)16-15(21)17-9-3-2-4-13(17)14(19)20/h5-8,13H,2-4,9H2,1H3,(H,16,21)(H,19,20). The number of hydrogen-bond acceptors (Lipinski definition) is 3. The number of urea groups is 1. The molecule has 2 amide bonds. The Morgan fingerprint density at radius 1 is 1.19 bits per heavy atom. The predicted octanol–water partition coefficient (Wildman–Crippen LogP) is 2.36. The fraction of sp³-hybridized carbons (Fsp3) is 0.400. The molecular weight excluding hydrogens is 272 g/mol. The molecule has 1 saturated heterocycles. The third kappa shape index (κ3) is 3.59. The van der Waals surface area contributed by atoms with Crippen LogP contribution < -0.4 is 5.32 Å². The molecule has 1 fully saturated rings. The third-order valence-electron chi connectivity index (χ3n) is 3.59. The van der Waals surface area contributed by atoms with Crippen LogP contribution in [0, 0.1) is 0 Å². The van der Waals surface area contributed by atoms with Crippen LogP contribution in [0.5, 0.6) is 0 Å². The highest BCUT2D eigenvalue weighted by Crippen LogP contribution is 2.19. The summed E-state index contributed by atoms with van der Waals surface area (Å²) < 4.78 is 0. The van der Waals surface area contributed by atoms with Crippen LogP contribution in [0.3, 0.4) is 0 Å². The van der Waals surface area contributed by atoms with E-state index in [-0.39, 0.29) is 5.78 Å². The van der Waals surface area contributed by atoms with Crippen molar-refractivity contribution >= 4 is 23.5 Å². The number of anilines is 1. The van der Waals surface area contributed by atoms with E-state index in [1.54, 1.807) is 24.3 Å². The molecule has 0 bridgehead atoms. The van der Waals surface area contributed by atoms with Crippen LogP contribution in [0.1, 0.15) is 36.5 Å². The lowest BCUT2D eigenvalue weighted by Crippen LogP contribution is -2.49. The van der Waals surface area contributed by atoms with Crippen LogP contribution in [0.4, 0.5) is 10.5 Å². The molecule has 2 rings (SSSR count). The minimum absolute atomic E-state index is 0.0464. The van der Waals surface area contributed by atoms with E-state index in [9.17, 15) is 14.4 Å². The largest absolute Gasteiger partial charge is 0.480 e. The van der Waals surface area contributed by atoms with Crippen molar-refractivity contribution in [3.63, 3.8) is 0 Å². The van der Waals surface area contributed by atoms with Crippen LogP contribution in [-0.4, -0.2) is 40.4 Å². The number of aliphatic carboxylic acids is 1. The molecule has 1 heterocycles. The number of likely N-dealkylation sites (tertiary alicyclic amines) is 1. The summed E-state index contributed by atoms with van der Waals surface area (Å²) in [5, 5.41) is 11.8. The summed E-state index contributed by atoms with van der Waals surface area (Å²) in [7, 11) is 0. The van der Waals surface area contributed by atoms with E-state index in [1.807, 2.05) is 0 Å². The second kappa shape index (κ2) is 6.39. The molecule has 0 saturated carbocycles. The van der Waals surface area contributed by atoms with E-state index in [0.717, 1.165) is 12.8 Å². The molecule has 21 heavy (non-hydrogen) atoms. The third-order valence-corrected chi connectivity index (χ3v) is 3.59. The van der Waals surface area contributed by atoms with Gasteiger partial charge in [0.25, 0.3) is 0 Å². The van der Waals surface area contributed by atoms with E-state index < -0.39 is 18.0 Å². The van der Waals surface area contributed by atoms with Crippen LogP contribution in [0.15, 0.2) is 24.3 Å². The summed E-state index contributed by atoms with van der Waals surface area (Å²) >= 11 is 0. The molecule has 112 valence electrons. The topological polar surface area (TPSA) is 86.7 Å². The summed E-state index contributed by atoms with van der Waals surface area (Å²) in [5.41, 5.74) is 1.11. The van der Waals surface area contributed by atoms with Crippen molar-refractivity contribution in [2.45, 2.75) is 32.2 Å². The number of ketones is 1. The lowest BCUT2D eigenvalue weighted by molar-refractivity contribution is -0.143. The number of amides is 2. The first-order chi connectivity index (χ1) is 9.99. The van der Waals surface area contributed by atoms with Gasteiger partial charge >= 0.3 is 12.0 Å². The lowest BCUT2D eigenvalue weighted by atomic mass is 10.0.